The molecule has 0 bridgehead atoms. The molecule has 6 rings (SSSR count). The molecule has 0 spiro atoms. The van der Waals surface area contributed by atoms with Crippen molar-refractivity contribution in [2.75, 3.05) is 13.6 Å². The first-order chi connectivity index (χ1) is 23.6. The van der Waals surface area contributed by atoms with E-state index < -0.39 is 16.0 Å². The summed E-state index contributed by atoms with van der Waals surface area (Å²) in [5, 5.41) is 14.7. The molecule has 2 N–H and O–H groups in total. The first-order valence-electron chi connectivity index (χ1n) is 16.3. The lowest BCUT2D eigenvalue weighted by molar-refractivity contribution is -0.253. The number of carbonyl (C=O) groups is 1. The van der Waals surface area contributed by atoms with E-state index in [9.17, 15) is 9.90 Å². The normalized spacial score (nSPS) is 18.8. The van der Waals surface area contributed by atoms with E-state index in [1.165, 1.54) is 16.3 Å². The Balaban J connectivity index is 1.19. The van der Waals surface area contributed by atoms with Gasteiger partial charge < -0.3 is 19.9 Å². The Bertz CT molecular complexity index is 1880. The van der Waals surface area contributed by atoms with E-state index in [0.29, 0.717) is 6.42 Å². The number of benzene rings is 5. The summed E-state index contributed by atoms with van der Waals surface area (Å²) in [6.07, 6.45) is -0.138. The number of likely N-dealkylation sites (N-methyl/N-ethyl adjacent to an activating group) is 1. The van der Waals surface area contributed by atoms with Gasteiger partial charge in [0.1, 0.15) is 0 Å². The van der Waals surface area contributed by atoms with E-state index >= 15 is 0 Å². The van der Waals surface area contributed by atoms with Crippen LogP contribution < -0.4 is 5.32 Å². The molecule has 0 saturated carbocycles. The molecule has 1 aliphatic rings. The summed E-state index contributed by atoms with van der Waals surface area (Å²) in [7, 11) is 2.14. The molecule has 0 radical (unpaired) electrons. The first-order valence-corrected chi connectivity index (χ1v) is 17.4. The predicted octanol–water partition coefficient (Wildman–Crippen LogP) is 9.22. The number of aliphatic hydroxyl groups excluding tert-OH is 1. The van der Waals surface area contributed by atoms with Crippen LogP contribution in [0.25, 0.3) is 21.9 Å². The van der Waals surface area contributed by atoms with E-state index in [1.54, 1.807) is 0 Å². The number of aliphatic hydroxyl groups is 1. The van der Waals surface area contributed by atoms with Crippen molar-refractivity contribution in [3.63, 3.8) is 0 Å². The van der Waals surface area contributed by atoms with E-state index in [1.807, 2.05) is 72.8 Å². The highest BCUT2D eigenvalue weighted by molar-refractivity contribution is 6.76. The number of nitrogens with zero attached hydrogens (tertiary/aromatic N) is 1. The van der Waals surface area contributed by atoms with Gasteiger partial charge in [0, 0.05) is 31.1 Å². The quantitative estimate of drug-likeness (QED) is 0.141. The zero-order valence-corrected chi connectivity index (χ0v) is 29.6. The molecule has 0 unspecified atom stereocenters. The maximum absolute atomic E-state index is 12.0. The molecule has 5 aromatic rings. The molecule has 5 aromatic carbocycles. The van der Waals surface area contributed by atoms with Gasteiger partial charge in [-0.05, 0) is 70.3 Å². The van der Waals surface area contributed by atoms with Gasteiger partial charge in [-0.2, -0.15) is 0 Å². The molecule has 1 saturated heterocycles. The van der Waals surface area contributed by atoms with Crippen LogP contribution in [0, 0.1) is 0 Å². The molecule has 49 heavy (non-hydrogen) atoms. The van der Waals surface area contributed by atoms with Gasteiger partial charge in [-0.15, -0.1) is 0 Å². The number of halogens is 3. The van der Waals surface area contributed by atoms with Crippen LogP contribution in [0.3, 0.4) is 0 Å². The number of rotatable bonds is 10. The summed E-state index contributed by atoms with van der Waals surface area (Å²) in [6.45, 7) is 3.18. The molecule has 1 fully saturated rings. The summed E-state index contributed by atoms with van der Waals surface area (Å²) < 4.78 is 11.3. The minimum Gasteiger partial charge on any atom is -0.392 e. The Hall–Kier alpha value is -3.46. The lowest BCUT2D eigenvalue weighted by Gasteiger charge is -2.39. The molecule has 1 heterocycles. The highest BCUT2D eigenvalue weighted by Gasteiger charge is 2.34. The second-order valence-electron chi connectivity index (χ2n) is 12.6. The van der Waals surface area contributed by atoms with Crippen molar-refractivity contribution in [3.8, 4) is 11.1 Å². The minimum atomic E-state index is -2.01. The van der Waals surface area contributed by atoms with E-state index in [2.05, 4.69) is 66.7 Å². The first kappa shape index (κ1) is 35.4. The van der Waals surface area contributed by atoms with Gasteiger partial charge in [0.15, 0.2) is 6.29 Å². The van der Waals surface area contributed by atoms with Crippen LogP contribution in [0.2, 0.25) is 0 Å². The van der Waals surface area contributed by atoms with Crippen molar-refractivity contribution >= 4 is 51.5 Å². The van der Waals surface area contributed by atoms with Crippen molar-refractivity contribution in [3.05, 3.63) is 143 Å². The summed E-state index contributed by atoms with van der Waals surface area (Å²) in [4.78, 5) is 14.3. The Kier molecular flexibility index (Phi) is 11.3. The van der Waals surface area contributed by atoms with Crippen molar-refractivity contribution < 1.29 is 19.4 Å². The Labute approximate surface area is 302 Å². The number of amides is 1. The fourth-order valence-electron chi connectivity index (χ4n) is 6.21. The topological polar surface area (TPSA) is 71.0 Å². The number of carbonyl (C=O) groups excluding carboxylic acids is 1. The van der Waals surface area contributed by atoms with Crippen LogP contribution in [0.15, 0.2) is 115 Å². The maximum Gasteiger partial charge on any atom is 0.272 e. The molecule has 254 valence electrons. The number of hydrogen-bond donors (Lipinski definition) is 2. The summed E-state index contributed by atoms with van der Waals surface area (Å²) in [5.41, 5.74) is 6.96. The third-order valence-corrected chi connectivity index (χ3v) is 9.69. The summed E-state index contributed by atoms with van der Waals surface area (Å²) in [5.74, 6) is -0.671. The second kappa shape index (κ2) is 15.6. The largest absolute Gasteiger partial charge is 0.392 e. The molecule has 1 aliphatic heterocycles. The fourth-order valence-corrected chi connectivity index (χ4v) is 6.41. The monoisotopic (exact) mass is 716 g/mol. The van der Waals surface area contributed by atoms with Crippen LogP contribution in [-0.4, -0.2) is 39.4 Å². The molecule has 0 aliphatic carbocycles. The average Bonchev–Trinajstić information content (AvgIpc) is 3.13. The number of hydrogen-bond acceptors (Lipinski definition) is 5. The zero-order valence-electron chi connectivity index (χ0n) is 27.4. The number of alkyl halides is 3. The SMILES string of the molecule is C[C@H](c1ccc2ccccc2c1)N(C)C[C@H]1C[C@@H](c2ccc(CO)cc2)O[C@@H](c2ccc(-c3cccc(CNC(=O)C(Cl)(Cl)Cl)c3)cc2)O1. The van der Waals surface area contributed by atoms with Crippen molar-refractivity contribution in [2.24, 2.45) is 0 Å². The molecular formula is C40H39Cl3N2O4. The van der Waals surface area contributed by atoms with Gasteiger partial charge in [0.2, 0.25) is 0 Å². The Morgan fingerprint density at radius 2 is 1.55 bits per heavy atom. The van der Waals surface area contributed by atoms with Crippen LogP contribution in [0.5, 0.6) is 0 Å². The fraction of sp³-hybridized carbons (Fsp3) is 0.275. The lowest BCUT2D eigenvalue weighted by Crippen LogP contribution is -2.38. The van der Waals surface area contributed by atoms with E-state index in [4.69, 9.17) is 44.3 Å². The Morgan fingerprint density at radius 1 is 0.837 bits per heavy atom. The Morgan fingerprint density at radius 3 is 2.27 bits per heavy atom. The van der Waals surface area contributed by atoms with Gasteiger partial charge in [-0.3, -0.25) is 9.69 Å². The molecule has 4 atom stereocenters. The average molecular weight is 718 g/mol. The van der Waals surface area contributed by atoms with Crippen LogP contribution in [0.4, 0.5) is 0 Å². The number of fused-ring (bicyclic) bond motifs is 1. The van der Waals surface area contributed by atoms with Crippen LogP contribution in [-0.2, 0) is 27.4 Å². The highest BCUT2D eigenvalue weighted by atomic mass is 35.6. The zero-order chi connectivity index (χ0) is 34.5. The smallest absolute Gasteiger partial charge is 0.272 e. The number of nitrogens with one attached hydrogen (secondary N) is 1. The third kappa shape index (κ3) is 8.83. The molecule has 9 heteroatoms. The van der Waals surface area contributed by atoms with Crippen molar-refractivity contribution in [2.45, 2.75) is 54.8 Å². The number of ether oxygens (including phenoxy) is 2. The van der Waals surface area contributed by atoms with Gasteiger partial charge in [-0.25, -0.2) is 0 Å². The van der Waals surface area contributed by atoms with E-state index in [0.717, 1.165) is 39.9 Å². The maximum atomic E-state index is 12.0. The molecular weight excluding hydrogens is 679 g/mol. The van der Waals surface area contributed by atoms with Crippen molar-refractivity contribution in [1.82, 2.24) is 10.2 Å². The van der Waals surface area contributed by atoms with Crippen LogP contribution >= 0.6 is 34.8 Å². The summed E-state index contributed by atoms with van der Waals surface area (Å²) in [6, 6.07) is 39.2. The second-order valence-corrected chi connectivity index (χ2v) is 14.9. The van der Waals surface area contributed by atoms with Crippen molar-refractivity contribution in [1.29, 1.82) is 0 Å². The third-order valence-electron chi connectivity index (χ3n) is 9.18. The highest BCUT2D eigenvalue weighted by Crippen LogP contribution is 2.39. The van der Waals surface area contributed by atoms with Gasteiger partial charge in [-0.1, -0.05) is 138 Å². The van der Waals surface area contributed by atoms with E-state index in [-0.39, 0.29) is 31.4 Å². The minimum absolute atomic E-state index is 0.00350. The molecule has 0 aromatic heterocycles. The summed E-state index contributed by atoms with van der Waals surface area (Å²) >= 11 is 17.1. The van der Waals surface area contributed by atoms with Gasteiger partial charge in [0.05, 0.1) is 18.8 Å². The standard InChI is InChI=1S/C40H39Cl3N2O4/c1-26(33-19-16-29-7-3-4-8-35(29)21-33)45(2)24-36-22-37(31-12-10-27(25-46)11-13-31)49-38(48-36)32-17-14-30(15-18-32)34-9-5-6-28(20-34)23-44-39(47)40(41,42)43/h3-21,26,36-38,46H,22-25H2,1-2H3,(H,44,47)/t26-,36-,37+,38+/m1/s1. The molecule has 6 nitrogen and oxygen atoms in total. The lowest BCUT2D eigenvalue weighted by atomic mass is 9.98. The predicted molar refractivity (Wildman–Crippen MR) is 197 cm³/mol. The van der Waals surface area contributed by atoms with Crippen LogP contribution in [0.1, 0.15) is 59.6 Å². The van der Waals surface area contributed by atoms with Gasteiger partial charge >= 0.3 is 0 Å². The van der Waals surface area contributed by atoms with Gasteiger partial charge in [0.25, 0.3) is 9.70 Å². The molecule has 1 amide bonds.